The van der Waals surface area contributed by atoms with Gasteiger partial charge in [0.05, 0.1) is 6.61 Å². The molecule has 0 amide bonds. The maximum atomic E-state index is 11.6. The van der Waals surface area contributed by atoms with Crippen molar-refractivity contribution in [1.82, 2.24) is 4.98 Å². The molecule has 0 atom stereocenters. The van der Waals surface area contributed by atoms with Crippen LogP contribution < -0.4 is 0 Å². The molecule has 0 radical (unpaired) electrons. The zero-order chi connectivity index (χ0) is 14.5. The minimum atomic E-state index is -0.335. The molecule has 0 aromatic carbocycles. The first-order valence-corrected chi connectivity index (χ1v) is 8.53. The molecule has 0 unspecified atom stereocenters. The van der Waals surface area contributed by atoms with Crippen LogP contribution in [0, 0.1) is 0 Å². The summed E-state index contributed by atoms with van der Waals surface area (Å²) in [6.07, 6.45) is 6.35. The summed E-state index contributed by atoms with van der Waals surface area (Å²) in [5.74, 6) is -0.335. The molecule has 20 heavy (non-hydrogen) atoms. The molecule has 0 fully saturated rings. The average molecular weight is 309 g/mol. The molecule has 1 heterocycles. The third-order valence-corrected chi connectivity index (χ3v) is 4.78. The number of thiazole rings is 1. The number of thioether (sulfide) groups is 1. The third kappa shape index (κ3) is 3.96. The number of ether oxygens (including phenoxy) is 1. The monoisotopic (exact) mass is 309 g/mol. The lowest BCUT2D eigenvalue weighted by molar-refractivity contribution is 0.0520. The van der Waals surface area contributed by atoms with Crippen molar-refractivity contribution < 1.29 is 9.53 Å². The number of esters is 1. The lowest BCUT2D eigenvalue weighted by Crippen LogP contribution is -2.05. The van der Waals surface area contributed by atoms with Crippen LogP contribution in [0.4, 0.5) is 0 Å². The fourth-order valence-corrected chi connectivity index (χ4v) is 3.71. The maximum Gasteiger partial charge on any atom is 0.357 e. The number of carbonyl (C=O) groups excluding carboxylic acids is 1. The summed E-state index contributed by atoms with van der Waals surface area (Å²) in [5, 5.41) is 3.32. The molecule has 1 aromatic rings. The second kappa shape index (κ2) is 7.09. The number of hydrogen-bond donors (Lipinski definition) is 0. The van der Waals surface area contributed by atoms with Crippen LogP contribution in [0.5, 0.6) is 0 Å². The number of nitrogens with zero attached hydrogens (tertiary/aromatic N) is 1. The molecule has 2 rings (SSSR count). The van der Waals surface area contributed by atoms with E-state index in [1.54, 1.807) is 12.3 Å². The summed E-state index contributed by atoms with van der Waals surface area (Å²) < 4.78 is 4.96. The Balaban J connectivity index is 2.01. The number of allylic oxidation sites excluding steroid dienone is 4. The highest BCUT2D eigenvalue weighted by Gasteiger charge is 2.15. The quantitative estimate of drug-likeness (QED) is 0.750. The fourth-order valence-electron chi connectivity index (χ4n) is 1.91. The van der Waals surface area contributed by atoms with Gasteiger partial charge >= 0.3 is 5.97 Å². The zero-order valence-electron chi connectivity index (χ0n) is 12.0. The molecule has 0 saturated carbocycles. The van der Waals surface area contributed by atoms with Crippen LogP contribution in [-0.2, 0) is 4.74 Å². The lowest BCUT2D eigenvalue weighted by atomic mass is 10.1. The van der Waals surface area contributed by atoms with Crippen LogP contribution in [0.2, 0.25) is 0 Å². The van der Waals surface area contributed by atoms with Crippen LogP contribution in [0.15, 0.2) is 22.4 Å². The highest BCUT2D eigenvalue weighted by Crippen LogP contribution is 2.34. The van der Waals surface area contributed by atoms with Gasteiger partial charge in [0.1, 0.15) is 5.01 Å². The first-order valence-electron chi connectivity index (χ1n) is 6.78. The van der Waals surface area contributed by atoms with Gasteiger partial charge in [-0.3, -0.25) is 0 Å². The van der Waals surface area contributed by atoms with Crippen LogP contribution in [0.3, 0.4) is 0 Å². The number of carbonyl (C=O) groups is 1. The second-order valence-electron chi connectivity index (χ2n) is 4.73. The Kier molecular flexibility index (Phi) is 5.43. The van der Waals surface area contributed by atoms with Crippen LogP contribution >= 0.6 is 23.1 Å². The van der Waals surface area contributed by atoms with Gasteiger partial charge in [0, 0.05) is 10.6 Å². The Morgan fingerprint density at radius 3 is 2.85 bits per heavy atom. The molecule has 0 aliphatic heterocycles. The van der Waals surface area contributed by atoms with E-state index in [-0.39, 0.29) is 5.97 Å². The summed E-state index contributed by atoms with van der Waals surface area (Å²) >= 11 is 3.42. The van der Waals surface area contributed by atoms with Crippen LogP contribution in [0.1, 0.15) is 49.1 Å². The van der Waals surface area contributed by atoms with E-state index in [2.05, 4.69) is 31.0 Å². The van der Waals surface area contributed by atoms with Crippen molar-refractivity contribution in [3.63, 3.8) is 0 Å². The predicted octanol–water partition coefficient (Wildman–Crippen LogP) is 4.52. The fraction of sp³-hybridized carbons (Fsp3) is 0.467. The van der Waals surface area contributed by atoms with Gasteiger partial charge in [-0.15, -0.1) is 23.1 Å². The van der Waals surface area contributed by atoms with Crippen molar-refractivity contribution in [1.29, 1.82) is 0 Å². The first-order chi connectivity index (χ1) is 9.60. The van der Waals surface area contributed by atoms with E-state index < -0.39 is 0 Å². The molecule has 3 nitrogen and oxygen atoms in total. The van der Waals surface area contributed by atoms with E-state index in [0.717, 1.165) is 17.8 Å². The molecule has 0 saturated heterocycles. The molecule has 108 valence electrons. The topological polar surface area (TPSA) is 39.2 Å². The minimum absolute atomic E-state index is 0.335. The van der Waals surface area contributed by atoms with Gasteiger partial charge in [0.2, 0.25) is 0 Å². The highest BCUT2D eigenvalue weighted by molar-refractivity contribution is 8.03. The number of rotatable bonds is 5. The van der Waals surface area contributed by atoms with Gasteiger partial charge < -0.3 is 4.74 Å². The Bertz CT molecular complexity index is 544. The van der Waals surface area contributed by atoms with Crippen molar-refractivity contribution in [2.75, 3.05) is 6.61 Å². The molecular weight excluding hydrogens is 290 g/mol. The second-order valence-corrected chi connectivity index (χ2v) is 7.29. The molecule has 0 bridgehead atoms. The van der Waals surface area contributed by atoms with Gasteiger partial charge in [0.15, 0.2) is 5.69 Å². The Morgan fingerprint density at radius 1 is 1.45 bits per heavy atom. The van der Waals surface area contributed by atoms with Crippen LogP contribution in [0.25, 0.3) is 5.57 Å². The van der Waals surface area contributed by atoms with Gasteiger partial charge in [-0.25, -0.2) is 9.78 Å². The standard InChI is InChI=1S/C15H19NO2S2/c1-4-18-15(17)13-9-19-14(16-13)11-5-7-12(8-6-11)20-10(2)3/h5,8-10H,4,6-7H2,1-3H3. The van der Waals surface area contributed by atoms with Gasteiger partial charge in [0.25, 0.3) is 0 Å². The Morgan fingerprint density at radius 2 is 2.25 bits per heavy atom. The van der Waals surface area contributed by atoms with E-state index in [0.29, 0.717) is 17.6 Å². The summed E-state index contributed by atoms with van der Waals surface area (Å²) in [6.45, 7) is 6.59. The van der Waals surface area contributed by atoms with Gasteiger partial charge in [-0.05, 0) is 30.2 Å². The molecular formula is C15H19NO2S2. The molecule has 1 aliphatic carbocycles. The van der Waals surface area contributed by atoms with Gasteiger partial charge in [-0.2, -0.15) is 0 Å². The first kappa shape index (κ1) is 15.3. The largest absolute Gasteiger partial charge is 0.461 e. The smallest absolute Gasteiger partial charge is 0.357 e. The van der Waals surface area contributed by atoms with Crippen molar-refractivity contribution in [3.05, 3.63) is 33.1 Å². The summed E-state index contributed by atoms with van der Waals surface area (Å²) in [6, 6.07) is 0. The van der Waals surface area contributed by atoms with E-state index in [1.165, 1.54) is 21.8 Å². The number of aromatic nitrogens is 1. The number of hydrogen-bond acceptors (Lipinski definition) is 5. The summed E-state index contributed by atoms with van der Waals surface area (Å²) in [4.78, 5) is 17.4. The van der Waals surface area contributed by atoms with Crippen molar-refractivity contribution in [3.8, 4) is 0 Å². The Labute approximate surface area is 128 Å². The van der Waals surface area contributed by atoms with Crippen molar-refractivity contribution in [2.45, 2.75) is 38.9 Å². The summed E-state index contributed by atoms with van der Waals surface area (Å²) in [5.41, 5.74) is 1.62. The molecule has 5 heteroatoms. The van der Waals surface area contributed by atoms with Crippen molar-refractivity contribution in [2.24, 2.45) is 0 Å². The van der Waals surface area contributed by atoms with Gasteiger partial charge in [-0.1, -0.05) is 26.0 Å². The normalized spacial score (nSPS) is 15.0. The van der Waals surface area contributed by atoms with E-state index in [1.807, 2.05) is 11.8 Å². The average Bonchev–Trinajstić information content (AvgIpc) is 2.89. The third-order valence-electron chi connectivity index (χ3n) is 2.75. The molecule has 1 aromatic heterocycles. The van der Waals surface area contributed by atoms with E-state index in [9.17, 15) is 4.79 Å². The Hall–Kier alpha value is -1.07. The molecule has 1 aliphatic rings. The zero-order valence-corrected chi connectivity index (χ0v) is 13.6. The van der Waals surface area contributed by atoms with E-state index >= 15 is 0 Å². The SMILES string of the molecule is CCOC(=O)c1csc(C2=CCC(SC(C)C)=CC2)n1. The lowest BCUT2D eigenvalue weighted by Gasteiger charge is -2.13. The maximum absolute atomic E-state index is 11.6. The molecule has 0 N–H and O–H groups in total. The highest BCUT2D eigenvalue weighted by atomic mass is 32.2. The minimum Gasteiger partial charge on any atom is -0.461 e. The van der Waals surface area contributed by atoms with Crippen LogP contribution in [-0.4, -0.2) is 22.8 Å². The summed E-state index contributed by atoms with van der Waals surface area (Å²) in [7, 11) is 0. The molecule has 0 spiro atoms. The van der Waals surface area contributed by atoms with E-state index in [4.69, 9.17) is 4.74 Å². The predicted molar refractivity (Wildman–Crippen MR) is 86.1 cm³/mol. The van der Waals surface area contributed by atoms with Crippen molar-refractivity contribution >= 4 is 34.6 Å².